The molecule has 0 amide bonds. The molecule has 3 rings (SSSR count). The van der Waals surface area contributed by atoms with Crippen LogP contribution in [0.5, 0.6) is 0 Å². The van der Waals surface area contributed by atoms with E-state index >= 15 is 0 Å². The highest BCUT2D eigenvalue weighted by Crippen LogP contribution is 2.52. The van der Waals surface area contributed by atoms with E-state index in [0.717, 1.165) is 5.92 Å². The van der Waals surface area contributed by atoms with Crippen LogP contribution in [0.2, 0.25) is 0 Å². The molecule has 0 saturated heterocycles. The molecule has 0 heterocycles. The Balaban J connectivity index is 1.92. The Kier molecular flexibility index (Phi) is 2.49. The Morgan fingerprint density at radius 1 is 1.19 bits per heavy atom. The lowest BCUT2D eigenvalue weighted by Crippen LogP contribution is -2.56. The van der Waals surface area contributed by atoms with Gasteiger partial charge in [0.25, 0.3) is 0 Å². The third-order valence-corrected chi connectivity index (χ3v) is 4.46. The van der Waals surface area contributed by atoms with E-state index in [1.165, 1.54) is 37.7 Å². The molecule has 0 radical (unpaired) electrons. The van der Waals surface area contributed by atoms with E-state index in [9.17, 15) is 0 Å². The van der Waals surface area contributed by atoms with Crippen LogP contribution in [0.25, 0.3) is 0 Å². The van der Waals surface area contributed by atoms with Crippen molar-refractivity contribution in [3.05, 3.63) is 35.9 Å². The summed E-state index contributed by atoms with van der Waals surface area (Å²) in [4.78, 5) is 0. The maximum absolute atomic E-state index is 5.80. The van der Waals surface area contributed by atoms with Crippen LogP contribution in [0.15, 0.2) is 30.3 Å². The predicted molar refractivity (Wildman–Crippen MR) is 65.8 cm³/mol. The van der Waals surface area contributed by atoms with Gasteiger partial charge in [-0.25, -0.2) is 0 Å². The number of hydrogen-bond donors (Lipinski definition) is 2. The van der Waals surface area contributed by atoms with Gasteiger partial charge in [-0.3, -0.25) is 11.3 Å². The SMILES string of the molecule is NNC(C1CC1)C1(c2ccccc2)CCC1. The average Bonchev–Trinajstić information content (AvgIpc) is 3.08. The molecule has 2 heteroatoms. The van der Waals surface area contributed by atoms with E-state index in [1.54, 1.807) is 0 Å². The Morgan fingerprint density at radius 2 is 1.88 bits per heavy atom. The van der Waals surface area contributed by atoms with Crippen molar-refractivity contribution >= 4 is 0 Å². The Labute approximate surface area is 97.2 Å². The monoisotopic (exact) mass is 216 g/mol. The molecule has 2 aliphatic carbocycles. The third kappa shape index (κ3) is 1.48. The van der Waals surface area contributed by atoms with Crippen LogP contribution in [0.4, 0.5) is 0 Å². The standard InChI is InChI=1S/C14H20N2/c15-16-13(11-7-8-11)14(9-4-10-14)12-5-2-1-3-6-12/h1-3,5-6,11,13,16H,4,7-10,15H2. The Hall–Kier alpha value is -0.860. The Morgan fingerprint density at radius 3 is 2.31 bits per heavy atom. The van der Waals surface area contributed by atoms with Crippen LogP contribution >= 0.6 is 0 Å². The molecule has 86 valence electrons. The molecule has 1 unspecified atom stereocenters. The molecule has 2 nitrogen and oxygen atoms in total. The van der Waals surface area contributed by atoms with Crippen molar-refractivity contribution in [1.29, 1.82) is 0 Å². The molecule has 0 bridgehead atoms. The lowest BCUT2D eigenvalue weighted by atomic mass is 9.59. The van der Waals surface area contributed by atoms with Crippen LogP contribution in [-0.4, -0.2) is 6.04 Å². The van der Waals surface area contributed by atoms with Crippen molar-refractivity contribution in [1.82, 2.24) is 5.43 Å². The first-order valence-corrected chi connectivity index (χ1v) is 6.38. The number of benzene rings is 1. The van der Waals surface area contributed by atoms with E-state index in [4.69, 9.17) is 5.84 Å². The quantitative estimate of drug-likeness (QED) is 0.599. The fraction of sp³-hybridized carbons (Fsp3) is 0.571. The fourth-order valence-corrected chi connectivity index (χ4v) is 3.28. The summed E-state index contributed by atoms with van der Waals surface area (Å²) in [5.41, 5.74) is 4.92. The smallest absolute Gasteiger partial charge is 0.0335 e. The zero-order valence-corrected chi connectivity index (χ0v) is 9.65. The van der Waals surface area contributed by atoms with Crippen LogP contribution in [0.3, 0.4) is 0 Å². The van der Waals surface area contributed by atoms with Gasteiger partial charge in [0.15, 0.2) is 0 Å². The minimum Gasteiger partial charge on any atom is -0.271 e. The zero-order chi connectivity index (χ0) is 11.0. The molecule has 0 spiro atoms. The number of nitrogens with one attached hydrogen (secondary N) is 1. The van der Waals surface area contributed by atoms with Crippen LogP contribution in [0.1, 0.15) is 37.7 Å². The summed E-state index contributed by atoms with van der Waals surface area (Å²) in [6.07, 6.45) is 6.64. The second-order valence-electron chi connectivity index (χ2n) is 5.36. The first-order chi connectivity index (χ1) is 7.87. The number of hydrazine groups is 1. The minimum absolute atomic E-state index is 0.331. The van der Waals surface area contributed by atoms with Gasteiger partial charge in [-0.05, 0) is 37.2 Å². The molecule has 2 fully saturated rings. The van der Waals surface area contributed by atoms with Gasteiger partial charge in [-0.2, -0.15) is 0 Å². The molecule has 2 saturated carbocycles. The van der Waals surface area contributed by atoms with Crippen LogP contribution < -0.4 is 11.3 Å². The van der Waals surface area contributed by atoms with Crippen molar-refractivity contribution in [3.8, 4) is 0 Å². The highest BCUT2D eigenvalue weighted by molar-refractivity contribution is 5.31. The number of nitrogens with two attached hydrogens (primary N) is 1. The van der Waals surface area contributed by atoms with Crippen molar-refractivity contribution in [2.24, 2.45) is 11.8 Å². The maximum atomic E-state index is 5.80. The molecule has 2 aliphatic rings. The van der Waals surface area contributed by atoms with Gasteiger partial charge in [0.05, 0.1) is 0 Å². The van der Waals surface area contributed by atoms with Gasteiger partial charge in [0.1, 0.15) is 0 Å². The van der Waals surface area contributed by atoms with Crippen molar-refractivity contribution < 1.29 is 0 Å². The summed E-state index contributed by atoms with van der Waals surface area (Å²) in [5, 5.41) is 0. The van der Waals surface area contributed by atoms with Crippen LogP contribution in [0, 0.1) is 5.92 Å². The largest absolute Gasteiger partial charge is 0.271 e. The molecule has 1 aromatic rings. The summed E-state index contributed by atoms with van der Waals surface area (Å²) in [6.45, 7) is 0. The van der Waals surface area contributed by atoms with Gasteiger partial charge in [-0.1, -0.05) is 36.8 Å². The molecule has 1 aromatic carbocycles. The molecule has 3 N–H and O–H groups in total. The van der Waals surface area contributed by atoms with Gasteiger partial charge in [0.2, 0.25) is 0 Å². The first-order valence-electron chi connectivity index (χ1n) is 6.38. The predicted octanol–water partition coefficient (Wildman–Crippen LogP) is 2.35. The minimum atomic E-state index is 0.331. The number of rotatable bonds is 4. The molecule has 0 aromatic heterocycles. The summed E-state index contributed by atoms with van der Waals surface area (Å²) >= 11 is 0. The van der Waals surface area contributed by atoms with Gasteiger partial charge in [0, 0.05) is 11.5 Å². The van der Waals surface area contributed by atoms with Gasteiger partial charge in [-0.15, -0.1) is 0 Å². The van der Waals surface area contributed by atoms with Crippen LogP contribution in [-0.2, 0) is 5.41 Å². The fourth-order valence-electron chi connectivity index (χ4n) is 3.28. The zero-order valence-electron chi connectivity index (χ0n) is 9.65. The molecular formula is C14H20N2. The Bertz CT molecular complexity index is 352. The van der Waals surface area contributed by atoms with Crippen molar-refractivity contribution in [2.45, 2.75) is 43.6 Å². The third-order valence-electron chi connectivity index (χ3n) is 4.46. The lowest BCUT2D eigenvalue weighted by Gasteiger charge is -2.48. The van der Waals surface area contributed by atoms with E-state index < -0.39 is 0 Å². The second-order valence-corrected chi connectivity index (χ2v) is 5.36. The summed E-state index contributed by atoms with van der Waals surface area (Å²) < 4.78 is 0. The first kappa shape index (κ1) is 10.3. The second kappa shape index (κ2) is 3.86. The maximum Gasteiger partial charge on any atom is 0.0335 e. The molecule has 16 heavy (non-hydrogen) atoms. The van der Waals surface area contributed by atoms with E-state index in [1.807, 2.05) is 0 Å². The topological polar surface area (TPSA) is 38.0 Å². The lowest BCUT2D eigenvalue weighted by molar-refractivity contribution is 0.153. The average molecular weight is 216 g/mol. The van der Waals surface area contributed by atoms with E-state index in [0.29, 0.717) is 11.5 Å². The molecular weight excluding hydrogens is 196 g/mol. The van der Waals surface area contributed by atoms with E-state index in [2.05, 4.69) is 35.8 Å². The molecule has 1 atom stereocenters. The highest BCUT2D eigenvalue weighted by atomic mass is 15.2. The van der Waals surface area contributed by atoms with Gasteiger partial charge < -0.3 is 0 Å². The number of hydrogen-bond acceptors (Lipinski definition) is 2. The van der Waals surface area contributed by atoms with E-state index in [-0.39, 0.29) is 0 Å². The van der Waals surface area contributed by atoms with Gasteiger partial charge >= 0.3 is 0 Å². The van der Waals surface area contributed by atoms with Crippen molar-refractivity contribution in [2.75, 3.05) is 0 Å². The normalized spacial score (nSPS) is 24.8. The summed E-state index contributed by atoms with van der Waals surface area (Å²) in [5.74, 6) is 6.61. The summed E-state index contributed by atoms with van der Waals surface area (Å²) in [6, 6.07) is 11.4. The summed E-state index contributed by atoms with van der Waals surface area (Å²) in [7, 11) is 0. The molecule has 0 aliphatic heterocycles. The van der Waals surface area contributed by atoms with Crippen molar-refractivity contribution in [3.63, 3.8) is 0 Å². The highest BCUT2D eigenvalue weighted by Gasteiger charge is 2.50.